The Kier molecular flexibility index (Phi) is 5.35. The zero-order chi connectivity index (χ0) is 11.9. The Bertz CT molecular complexity index is 282. The van der Waals surface area contributed by atoms with Gasteiger partial charge < -0.3 is 0 Å². The molecule has 2 bridgehead atoms. The maximum Gasteiger partial charge on any atom is -0.0105 e. The van der Waals surface area contributed by atoms with Gasteiger partial charge in [0.1, 0.15) is 0 Å². The van der Waals surface area contributed by atoms with Crippen molar-refractivity contribution in [3.63, 3.8) is 0 Å². The minimum Gasteiger partial charge on any atom is -0.0847 e. The summed E-state index contributed by atoms with van der Waals surface area (Å²) in [6.07, 6.45) is 20.5. The second kappa shape index (κ2) is 7.03. The van der Waals surface area contributed by atoms with Gasteiger partial charge in [-0.25, -0.2) is 0 Å². The molecule has 96 valence electrons. The quantitative estimate of drug-likeness (QED) is 0.367. The minimum atomic E-state index is 0.926. The van der Waals surface area contributed by atoms with Gasteiger partial charge in [-0.3, -0.25) is 0 Å². The molecule has 0 heterocycles. The smallest absolute Gasteiger partial charge is 0.0105 e. The lowest BCUT2D eigenvalue weighted by Gasteiger charge is -2.09. The van der Waals surface area contributed by atoms with Crippen molar-refractivity contribution in [2.45, 2.75) is 77.6 Å². The van der Waals surface area contributed by atoms with Gasteiger partial charge in [0.2, 0.25) is 0 Å². The summed E-state index contributed by atoms with van der Waals surface area (Å²) in [6.45, 7) is 2.29. The Morgan fingerprint density at radius 3 is 2.53 bits per heavy atom. The molecule has 0 nitrogen and oxygen atoms in total. The van der Waals surface area contributed by atoms with Crippen molar-refractivity contribution in [3.05, 3.63) is 23.3 Å². The summed E-state index contributed by atoms with van der Waals surface area (Å²) in [4.78, 5) is 0. The molecule has 1 saturated carbocycles. The normalized spacial score (nSPS) is 24.6. The molecule has 0 spiro atoms. The highest BCUT2D eigenvalue weighted by molar-refractivity contribution is 5.32. The van der Waals surface area contributed by atoms with E-state index in [-0.39, 0.29) is 0 Å². The zero-order valence-electron chi connectivity index (χ0n) is 11.5. The lowest BCUT2D eigenvalue weighted by molar-refractivity contribution is 0.590. The number of hydrogen-bond donors (Lipinski definition) is 0. The van der Waals surface area contributed by atoms with Crippen LogP contribution >= 0.6 is 0 Å². The van der Waals surface area contributed by atoms with Crippen molar-refractivity contribution in [1.82, 2.24) is 0 Å². The minimum absolute atomic E-state index is 0.926. The highest BCUT2D eigenvalue weighted by Crippen LogP contribution is 2.43. The number of rotatable bonds is 8. The van der Waals surface area contributed by atoms with Gasteiger partial charge in [-0.1, -0.05) is 68.7 Å². The lowest BCUT2D eigenvalue weighted by Crippen LogP contribution is -1.93. The lowest BCUT2D eigenvalue weighted by atomic mass is 9.97. The van der Waals surface area contributed by atoms with Gasteiger partial charge in [0, 0.05) is 0 Å². The number of fused-ring (bicyclic) bond motifs is 2. The third-order valence-corrected chi connectivity index (χ3v) is 4.37. The van der Waals surface area contributed by atoms with Crippen LogP contribution in [0.1, 0.15) is 77.6 Å². The van der Waals surface area contributed by atoms with Crippen LogP contribution in [0, 0.1) is 5.92 Å². The summed E-state index contributed by atoms with van der Waals surface area (Å²) < 4.78 is 0. The third kappa shape index (κ3) is 4.01. The first kappa shape index (κ1) is 12.9. The molecule has 2 aliphatic carbocycles. The molecule has 0 amide bonds. The van der Waals surface area contributed by atoms with E-state index in [1.165, 1.54) is 70.6 Å². The van der Waals surface area contributed by atoms with Crippen LogP contribution in [0.2, 0.25) is 0 Å². The molecule has 0 saturated heterocycles. The van der Waals surface area contributed by atoms with Crippen LogP contribution in [0.15, 0.2) is 23.3 Å². The third-order valence-electron chi connectivity index (χ3n) is 4.37. The molecule has 0 heteroatoms. The van der Waals surface area contributed by atoms with E-state index in [1.807, 2.05) is 0 Å². The molecule has 2 aliphatic rings. The molecule has 1 fully saturated rings. The van der Waals surface area contributed by atoms with Gasteiger partial charge in [-0.2, -0.15) is 0 Å². The average molecular weight is 232 g/mol. The molecule has 0 N–H and O–H groups in total. The van der Waals surface area contributed by atoms with E-state index in [4.69, 9.17) is 0 Å². The molecular weight excluding hydrogens is 204 g/mol. The highest BCUT2D eigenvalue weighted by atomic mass is 14.3. The molecule has 1 atom stereocenters. The van der Waals surface area contributed by atoms with E-state index in [2.05, 4.69) is 19.1 Å². The SMILES string of the molecule is CCCCCCCCCC=C1CC2=CCC1C2. The molecule has 0 aromatic heterocycles. The second-order valence-corrected chi connectivity index (χ2v) is 5.86. The summed E-state index contributed by atoms with van der Waals surface area (Å²) in [5.74, 6) is 0.926. The first-order valence-corrected chi connectivity index (χ1v) is 7.77. The summed E-state index contributed by atoms with van der Waals surface area (Å²) in [5, 5.41) is 0. The fourth-order valence-electron chi connectivity index (χ4n) is 3.25. The van der Waals surface area contributed by atoms with E-state index in [1.54, 1.807) is 11.1 Å². The van der Waals surface area contributed by atoms with Gasteiger partial charge in [-0.05, 0) is 38.0 Å². The monoisotopic (exact) mass is 232 g/mol. The van der Waals surface area contributed by atoms with E-state index >= 15 is 0 Å². The Labute approximate surface area is 107 Å². The first-order valence-electron chi connectivity index (χ1n) is 7.77. The second-order valence-electron chi connectivity index (χ2n) is 5.86. The Morgan fingerprint density at radius 1 is 1.12 bits per heavy atom. The first-order chi connectivity index (χ1) is 8.40. The van der Waals surface area contributed by atoms with Crippen LogP contribution in [0.5, 0.6) is 0 Å². The van der Waals surface area contributed by atoms with Crippen molar-refractivity contribution in [2.24, 2.45) is 5.92 Å². The van der Waals surface area contributed by atoms with E-state index in [0.717, 1.165) is 5.92 Å². The van der Waals surface area contributed by atoms with E-state index in [0.29, 0.717) is 0 Å². The maximum atomic E-state index is 2.57. The van der Waals surface area contributed by atoms with Crippen molar-refractivity contribution < 1.29 is 0 Å². The average Bonchev–Trinajstić information content (AvgIpc) is 2.94. The molecular formula is C17H28. The van der Waals surface area contributed by atoms with Crippen LogP contribution < -0.4 is 0 Å². The van der Waals surface area contributed by atoms with Gasteiger partial charge >= 0.3 is 0 Å². The highest BCUT2D eigenvalue weighted by Gasteiger charge is 2.27. The number of allylic oxidation sites excluding steroid dienone is 4. The standard InChI is InChI=1S/C17H28/c1-2-3-4-5-6-7-8-9-10-16-13-15-11-12-17(16)14-15/h10-11,17H,2-9,12-14H2,1H3. The van der Waals surface area contributed by atoms with Crippen LogP contribution in [0.25, 0.3) is 0 Å². The van der Waals surface area contributed by atoms with Gasteiger partial charge in [0.15, 0.2) is 0 Å². The zero-order valence-corrected chi connectivity index (χ0v) is 11.5. The molecule has 0 aromatic carbocycles. The fraction of sp³-hybridized carbons (Fsp3) is 0.765. The summed E-state index contributed by atoms with van der Waals surface area (Å²) in [6, 6.07) is 0. The summed E-state index contributed by atoms with van der Waals surface area (Å²) >= 11 is 0. The van der Waals surface area contributed by atoms with Gasteiger partial charge in [0.05, 0.1) is 0 Å². The summed E-state index contributed by atoms with van der Waals surface area (Å²) in [7, 11) is 0. The van der Waals surface area contributed by atoms with Gasteiger partial charge in [0.25, 0.3) is 0 Å². The number of unbranched alkanes of at least 4 members (excludes halogenated alkanes) is 7. The predicted molar refractivity (Wildman–Crippen MR) is 76.1 cm³/mol. The van der Waals surface area contributed by atoms with Crippen molar-refractivity contribution in [2.75, 3.05) is 0 Å². The van der Waals surface area contributed by atoms with Crippen LogP contribution in [0.4, 0.5) is 0 Å². The van der Waals surface area contributed by atoms with Crippen molar-refractivity contribution >= 4 is 0 Å². The van der Waals surface area contributed by atoms with E-state index in [9.17, 15) is 0 Å². The van der Waals surface area contributed by atoms with Crippen LogP contribution in [-0.2, 0) is 0 Å². The fourth-order valence-corrected chi connectivity index (χ4v) is 3.25. The molecule has 17 heavy (non-hydrogen) atoms. The topological polar surface area (TPSA) is 0 Å². The Hall–Kier alpha value is -0.520. The van der Waals surface area contributed by atoms with Crippen molar-refractivity contribution in [1.29, 1.82) is 0 Å². The molecule has 0 aromatic rings. The Morgan fingerprint density at radius 2 is 1.88 bits per heavy atom. The number of hydrogen-bond acceptors (Lipinski definition) is 0. The van der Waals surface area contributed by atoms with Crippen molar-refractivity contribution in [3.8, 4) is 0 Å². The summed E-state index contributed by atoms with van der Waals surface area (Å²) in [5.41, 5.74) is 3.49. The molecule has 2 rings (SSSR count). The van der Waals surface area contributed by atoms with Gasteiger partial charge in [-0.15, -0.1) is 0 Å². The molecule has 1 unspecified atom stereocenters. The molecule has 0 aliphatic heterocycles. The van der Waals surface area contributed by atoms with Crippen LogP contribution in [-0.4, -0.2) is 0 Å². The maximum absolute atomic E-state index is 2.57. The Balaban J connectivity index is 1.49. The predicted octanol–water partition coefficient (Wildman–Crippen LogP) is 5.79. The largest absolute Gasteiger partial charge is 0.0847 e. The van der Waals surface area contributed by atoms with Crippen LogP contribution in [0.3, 0.4) is 0 Å². The molecule has 0 radical (unpaired) electrons. The van der Waals surface area contributed by atoms with E-state index < -0.39 is 0 Å².